The quantitative estimate of drug-likeness (QED) is 0.815. The van der Waals surface area contributed by atoms with Crippen LogP contribution in [0.1, 0.15) is 21.5 Å². The van der Waals surface area contributed by atoms with Crippen LogP contribution in [0, 0.1) is 0 Å². The first-order valence-electron chi connectivity index (χ1n) is 7.71. The van der Waals surface area contributed by atoms with Gasteiger partial charge in [0.1, 0.15) is 6.04 Å². The van der Waals surface area contributed by atoms with Crippen molar-refractivity contribution in [1.29, 1.82) is 0 Å². The summed E-state index contributed by atoms with van der Waals surface area (Å²) in [7, 11) is 1.36. The Kier molecular flexibility index (Phi) is 4.42. The van der Waals surface area contributed by atoms with Crippen molar-refractivity contribution in [2.75, 3.05) is 13.7 Å². The van der Waals surface area contributed by atoms with Crippen molar-refractivity contribution in [1.82, 2.24) is 4.90 Å². The van der Waals surface area contributed by atoms with Crippen LogP contribution in [0.25, 0.3) is 0 Å². The topological polar surface area (TPSA) is 46.6 Å². The molecule has 0 N–H and O–H groups in total. The maximum atomic E-state index is 12.8. The summed E-state index contributed by atoms with van der Waals surface area (Å²) in [5, 5.41) is 0. The summed E-state index contributed by atoms with van der Waals surface area (Å²) in [6, 6.07) is 16.7. The van der Waals surface area contributed by atoms with Crippen LogP contribution in [-0.4, -0.2) is 36.5 Å². The van der Waals surface area contributed by atoms with Gasteiger partial charge in [-0.15, -0.1) is 0 Å². The molecule has 1 aliphatic rings. The van der Waals surface area contributed by atoms with Gasteiger partial charge in [0.25, 0.3) is 5.91 Å². The molecule has 2 aromatic carbocycles. The number of rotatable bonds is 4. The molecule has 1 atom stereocenters. The van der Waals surface area contributed by atoms with Crippen LogP contribution in [0.2, 0.25) is 0 Å². The molecule has 1 heterocycles. The van der Waals surface area contributed by atoms with E-state index in [9.17, 15) is 9.59 Å². The van der Waals surface area contributed by atoms with E-state index in [1.165, 1.54) is 7.11 Å². The Morgan fingerprint density at radius 2 is 1.83 bits per heavy atom. The monoisotopic (exact) mass is 309 g/mol. The standard InChI is InChI=1S/C19H19NO3/c1-23-19(22)17(13-14-7-3-2-4-8-14)20-12-11-15-9-5-6-10-16(15)18(20)21/h2-10,17H,11-13H2,1H3. The molecular weight excluding hydrogens is 290 g/mol. The molecule has 1 amide bonds. The average Bonchev–Trinajstić information content (AvgIpc) is 2.61. The summed E-state index contributed by atoms with van der Waals surface area (Å²) in [5.41, 5.74) is 2.73. The molecule has 3 rings (SSSR count). The van der Waals surface area contributed by atoms with Crippen molar-refractivity contribution in [3.05, 3.63) is 71.3 Å². The summed E-state index contributed by atoms with van der Waals surface area (Å²) in [5.74, 6) is -0.472. The Hall–Kier alpha value is -2.62. The summed E-state index contributed by atoms with van der Waals surface area (Å²) in [4.78, 5) is 26.7. The molecule has 4 heteroatoms. The van der Waals surface area contributed by atoms with E-state index >= 15 is 0 Å². The molecule has 0 spiro atoms. The van der Waals surface area contributed by atoms with Gasteiger partial charge in [0, 0.05) is 18.5 Å². The number of hydrogen-bond donors (Lipinski definition) is 0. The number of amides is 1. The van der Waals surface area contributed by atoms with E-state index in [4.69, 9.17) is 4.74 Å². The second-order valence-electron chi connectivity index (χ2n) is 5.63. The number of benzene rings is 2. The predicted octanol–water partition coefficient (Wildman–Crippen LogP) is 2.47. The van der Waals surface area contributed by atoms with E-state index in [0.717, 1.165) is 17.5 Å². The third-order valence-corrected chi connectivity index (χ3v) is 4.25. The molecule has 0 aliphatic carbocycles. The highest BCUT2D eigenvalue weighted by Gasteiger charge is 2.34. The molecule has 2 aromatic rings. The zero-order chi connectivity index (χ0) is 16.2. The average molecular weight is 309 g/mol. The fourth-order valence-corrected chi connectivity index (χ4v) is 3.04. The highest BCUT2D eigenvalue weighted by atomic mass is 16.5. The largest absolute Gasteiger partial charge is 0.467 e. The van der Waals surface area contributed by atoms with E-state index in [1.807, 2.05) is 54.6 Å². The third-order valence-electron chi connectivity index (χ3n) is 4.25. The maximum Gasteiger partial charge on any atom is 0.328 e. The summed E-state index contributed by atoms with van der Waals surface area (Å²) in [6.45, 7) is 0.530. The van der Waals surface area contributed by atoms with Gasteiger partial charge in [-0.1, -0.05) is 48.5 Å². The van der Waals surface area contributed by atoms with Crippen molar-refractivity contribution >= 4 is 11.9 Å². The molecule has 0 saturated carbocycles. The number of nitrogens with zero attached hydrogens (tertiary/aromatic N) is 1. The van der Waals surface area contributed by atoms with Gasteiger partial charge in [-0.2, -0.15) is 0 Å². The normalized spacial score (nSPS) is 15.0. The Labute approximate surface area is 135 Å². The zero-order valence-electron chi connectivity index (χ0n) is 13.1. The Balaban J connectivity index is 1.89. The minimum absolute atomic E-state index is 0.0989. The molecule has 0 fully saturated rings. The number of methoxy groups -OCH3 is 1. The fourth-order valence-electron chi connectivity index (χ4n) is 3.04. The van der Waals surface area contributed by atoms with Crippen LogP contribution in [0.3, 0.4) is 0 Å². The van der Waals surface area contributed by atoms with Crippen LogP contribution in [0.5, 0.6) is 0 Å². The van der Waals surface area contributed by atoms with E-state index in [1.54, 1.807) is 4.90 Å². The minimum atomic E-state index is -0.594. The highest BCUT2D eigenvalue weighted by molar-refractivity contribution is 5.99. The molecule has 1 aliphatic heterocycles. The zero-order valence-corrected chi connectivity index (χ0v) is 13.1. The second-order valence-corrected chi connectivity index (χ2v) is 5.63. The second kappa shape index (κ2) is 6.65. The lowest BCUT2D eigenvalue weighted by atomic mass is 9.96. The van der Waals surface area contributed by atoms with E-state index < -0.39 is 6.04 Å². The van der Waals surface area contributed by atoms with Gasteiger partial charge in [-0.3, -0.25) is 4.79 Å². The number of ether oxygens (including phenoxy) is 1. The van der Waals surface area contributed by atoms with Crippen LogP contribution < -0.4 is 0 Å². The molecule has 23 heavy (non-hydrogen) atoms. The predicted molar refractivity (Wildman–Crippen MR) is 87.1 cm³/mol. The lowest BCUT2D eigenvalue weighted by Gasteiger charge is -2.34. The van der Waals surface area contributed by atoms with Gasteiger partial charge in [-0.05, 0) is 23.6 Å². The van der Waals surface area contributed by atoms with Gasteiger partial charge < -0.3 is 9.64 Å². The van der Waals surface area contributed by atoms with Crippen LogP contribution in [0.15, 0.2) is 54.6 Å². The lowest BCUT2D eigenvalue weighted by Crippen LogP contribution is -2.50. The van der Waals surface area contributed by atoms with Gasteiger partial charge in [0.15, 0.2) is 0 Å². The van der Waals surface area contributed by atoms with Crippen molar-refractivity contribution in [2.24, 2.45) is 0 Å². The van der Waals surface area contributed by atoms with Crippen molar-refractivity contribution in [3.63, 3.8) is 0 Å². The number of carbonyl (C=O) groups is 2. The van der Waals surface area contributed by atoms with Crippen molar-refractivity contribution in [3.8, 4) is 0 Å². The smallest absolute Gasteiger partial charge is 0.328 e. The first kappa shape index (κ1) is 15.3. The van der Waals surface area contributed by atoms with Gasteiger partial charge in [-0.25, -0.2) is 4.79 Å². The lowest BCUT2D eigenvalue weighted by molar-refractivity contribution is -0.146. The molecule has 1 unspecified atom stereocenters. The molecule has 4 nitrogen and oxygen atoms in total. The van der Waals surface area contributed by atoms with Crippen molar-refractivity contribution in [2.45, 2.75) is 18.9 Å². The number of carbonyl (C=O) groups excluding carboxylic acids is 2. The SMILES string of the molecule is COC(=O)C(Cc1ccccc1)N1CCc2ccccc2C1=O. The molecule has 0 saturated heterocycles. The number of hydrogen-bond acceptors (Lipinski definition) is 3. The Morgan fingerprint density at radius 1 is 1.13 bits per heavy atom. The van der Waals surface area contributed by atoms with Gasteiger partial charge in [0.2, 0.25) is 0 Å². The molecular formula is C19H19NO3. The molecule has 0 bridgehead atoms. The first-order chi connectivity index (χ1) is 11.2. The fraction of sp³-hybridized carbons (Fsp3) is 0.263. The molecule has 0 aromatic heterocycles. The van der Waals surface area contributed by atoms with Gasteiger partial charge in [0.05, 0.1) is 7.11 Å². The van der Waals surface area contributed by atoms with E-state index in [-0.39, 0.29) is 11.9 Å². The minimum Gasteiger partial charge on any atom is -0.467 e. The Bertz CT molecular complexity index is 712. The molecule has 118 valence electrons. The summed E-state index contributed by atoms with van der Waals surface area (Å²) < 4.78 is 4.94. The number of esters is 1. The van der Waals surface area contributed by atoms with E-state index in [0.29, 0.717) is 18.5 Å². The van der Waals surface area contributed by atoms with Gasteiger partial charge >= 0.3 is 5.97 Å². The van der Waals surface area contributed by atoms with Crippen LogP contribution >= 0.6 is 0 Å². The van der Waals surface area contributed by atoms with E-state index in [2.05, 4.69) is 0 Å². The Morgan fingerprint density at radius 3 is 2.57 bits per heavy atom. The number of fused-ring (bicyclic) bond motifs is 1. The van der Waals surface area contributed by atoms with Crippen LogP contribution in [-0.2, 0) is 22.4 Å². The van der Waals surface area contributed by atoms with Crippen molar-refractivity contribution < 1.29 is 14.3 Å². The highest BCUT2D eigenvalue weighted by Crippen LogP contribution is 2.22. The summed E-state index contributed by atoms with van der Waals surface area (Å²) >= 11 is 0. The first-order valence-corrected chi connectivity index (χ1v) is 7.71. The van der Waals surface area contributed by atoms with Crippen LogP contribution in [0.4, 0.5) is 0 Å². The maximum absolute atomic E-state index is 12.8. The molecule has 0 radical (unpaired) electrons. The third kappa shape index (κ3) is 3.11. The summed E-state index contributed by atoms with van der Waals surface area (Å²) in [6.07, 6.45) is 1.21.